The maximum absolute atomic E-state index is 5.98. The van der Waals surface area contributed by atoms with E-state index in [1.807, 2.05) is 55.5 Å². The van der Waals surface area contributed by atoms with E-state index >= 15 is 0 Å². The van der Waals surface area contributed by atoms with Crippen molar-refractivity contribution in [2.75, 3.05) is 6.54 Å². The van der Waals surface area contributed by atoms with Gasteiger partial charge in [-0.1, -0.05) is 35.9 Å². The lowest BCUT2D eigenvalue weighted by Crippen LogP contribution is -2.31. The summed E-state index contributed by atoms with van der Waals surface area (Å²) in [5.41, 5.74) is 4.63. The molecule has 0 radical (unpaired) electrons. The average Bonchev–Trinajstić information content (AvgIpc) is 2.54. The number of nitrogens with zero attached hydrogens (tertiary/aromatic N) is 1. The number of halogens is 1. The Morgan fingerprint density at radius 3 is 2.87 bits per heavy atom. The molecular weight excluding hydrogens is 330 g/mol. The van der Waals surface area contributed by atoms with Crippen molar-refractivity contribution in [3.8, 4) is 5.75 Å². The third-order valence-corrected chi connectivity index (χ3v) is 3.38. The molecule has 0 atom stereocenters. The molecule has 120 valence electrons. The van der Waals surface area contributed by atoms with Crippen LogP contribution in [0, 0.1) is 0 Å². The van der Waals surface area contributed by atoms with Gasteiger partial charge in [-0.15, -0.1) is 0 Å². The van der Waals surface area contributed by atoms with Crippen molar-refractivity contribution in [1.29, 1.82) is 0 Å². The summed E-state index contributed by atoms with van der Waals surface area (Å²) in [6, 6.07) is 15.3. The number of benzene rings is 2. The van der Waals surface area contributed by atoms with Gasteiger partial charge >= 0.3 is 0 Å². The summed E-state index contributed by atoms with van der Waals surface area (Å²) in [5, 5.41) is 8.25. The molecule has 0 amide bonds. The van der Waals surface area contributed by atoms with Gasteiger partial charge in [0.15, 0.2) is 5.11 Å². The van der Waals surface area contributed by atoms with Crippen LogP contribution in [0.5, 0.6) is 5.75 Å². The zero-order chi connectivity index (χ0) is 16.5. The Morgan fingerprint density at radius 2 is 2.09 bits per heavy atom. The number of nitrogens with one attached hydrogen (secondary N) is 2. The maximum Gasteiger partial charge on any atom is 0.186 e. The fourth-order valence-electron chi connectivity index (χ4n) is 1.87. The van der Waals surface area contributed by atoms with Gasteiger partial charge in [-0.25, -0.2) is 0 Å². The van der Waals surface area contributed by atoms with Gasteiger partial charge in [0.1, 0.15) is 12.4 Å². The highest BCUT2D eigenvalue weighted by Gasteiger charge is 2.02. The van der Waals surface area contributed by atoms with Crippen molar-refractivity contribution in [2.24, 2.45) is 5.10 Å². The zero-order valence-corrected chi connectivity index (χ0v) is 14.3. The molecule has 0 aliphatic carbocycles. The van der Waals surface area contributed by atoms with Gasteiger partial charge in [0.25, 0.3) is 0 Å². The fraction of sp³-hybridized carbons (Fsp3) is 0.176. The van der Waals surface area contributed by atoms with Crippen LogP contribution < -0.4 is 15.5 Å². The van der Waals surface area contributed by atoms with E-state index in [2.05, 4.69) is 15.8 Å². The molecule has 0 saturated heterocycles. The number of hydrazone groups is 1. The monoisotopic (exact) mass is 347 g/mol. The van der Waals surface area contributed by atoms with Crippen LogP contribution in [0.3, 0.4) is 0 Å². The normalized spacial score (nSPS) is 10.5. The van der Waals surface area contributed by atoms with Gasteiger partial charge in [0, 0.05) is 17.1 Å². The van der Waals surface area contributed by atoms with Crippen LogP contribution in [0.1, 0.15) is 18.1 Å². The summed E-state index contributed by atoms with van der Waals surface area (Å²) in [4.78, 5) is 0. The number of rotatable bonds is 6. The molecule has 0 spiro atoms. The van der Waals surface area contributed by atoms with E-state index in [1.54, 1.807) is 6.21 Å². The molecule has 0 unspecified atom stereocenters. The van der Waals surface area contributed by atoms with E-state index in [0.29, 0.717) is 16.7 Å². The van der Waals surface area contributed by atoms with Crippen LogP contribution in [0.25, 0.3) is 0 Å². The summed E-state index contributed by atoms with van der Waals surface area (Å²) in [6.07, 6.45) is 1.68. The topological polar surface area (TPSA) is 45.7 Å². The van der Waals surface area contributed by atoms with Crippen LogP contribution in [0.4, 0.5) is 0 Å². The molecule has 0 aliphatic rings. The van der Waals surface area contributed by atoms with Gasteiger partial charge < -0.3 is 10.1 Å². The number of hydrogen-bond acceptors (Lipinski definition) is 3. The van der Waals surface area contributed by atoms with Crippen LogP contribution in [-0.2, 0) is 6.61 Å². The van der Waals surface area contributed by atoms with Crippen LogP contribution in [0.15, 0.2) is 53.6 Å². The minimum atomic E-state index is 0.439. The second kappa shape index (κ2) is 9.12. The van der Waals surface area contributed by atoms with E-state index in [-0.39, 0.29) is 0 Å². The van der Waals surface area contributed by atoms with E-state index in [9.17, 15) is 0 Å². The summed E-state index contributed by atoms with van der Waals surface area (Å²) in [7, 11) is 0. The summed E-state index contributed by atoms with van der Waals surface area (Å²) >= 11 is 11.0. The highest BCUT2D eigenvalue weighted by Crippen LogP contribution is 2.18. The Morgan fingerprint density at radius 1 is 1.26 bits per heavy atom. The molecule has 6 heteroatoms. The molecule has 2 rings (SSSR count). The fourth-order valence-corrected chi connectivity index (χ4v) is 2.28. The zero-order valence-electron chi connectivity index (χ0n) is 12.8. The SMILES string of the molecule is CCNC(=S)NN=Cc1ccccc1OCc1cccc(Cl)c1. The van der Waals surface area contributed by atoms with E-state index < -0.39 is 0 Å². The number of para-hydroxylation sites is 1. The molecule has 0 aliphatic heterocycles. The third kappa shape index (κ3) is 5.88. The summed E-state index contributed by atoms with van der Waals surface area (Å²) < 4.78 is 5.86. The molecule has 0 bridgehead atoms. The Balaban J connectivity index is 1.99. The standard InChI is InChI=1S/C17H18ClN3OS/c1-2-19-17(23)21-20-11-14-7-3-4-9-16(14)22-12-13-6-5-8-15(18)10-13/h3-11H,2,12H2,1H3,(H2,19,21,23). The average molecular weight is 348 g/mol. The predicted octanol–water partition coefficient (Wildman–Crippen LogP) is 3.74. The van der Waals surface area contributed by atoms with Crippen molar-refractivity contribution in [2.45, 2.75) is 13.5 Å². The highest BCUT2D eigenvalue weighted by atomic mass is 35.5. The molecule has 0 fully saturated rings. The third-order valence-electron chi connectivity index (χ3n) is 2.91. The minimum absolute atomic E-state index is 0.439. The summed E-state index contributed by atoms with van der Waals surface area (Å²) in [6.45, 7) is 3.16. The van der Waals surface area contributed by atoms with E-state index in [4.69, 9.17) is 28.6 Å². The lowest BCUT2D eigenvalue weighted by atomic mass is 10.2. The first-order valence-corrected chi connectivity index (χ1v) is 8.01. The van der Waals surface area contributed by atoms with Crippen LogP contribution in [-0.4, -0.2) is 17.9 Å². The quantitative estimate of drug-likeness (QED) is 0.475. The first kappa shape index (κ1) is 17.2. The Hall–Kier alpha value is -2.11. The van der Waals surface area contributed by atoms with Gasteiger partial charge in [-0.3, -0.25) is 5.43 Å². The molecule has 23 heavy (non-hydrogen) atoms. The number of thiocarbonyl (C=S) groups is 1. The van der Waals surface area contributed by atoms with E-state index in [1.165, 1.54) is 0 Å². The molecule has 4 nitrogen and oxygen atoms in total. The molecule has 0 heterocycles. The number of ether oxygens (including phenoxy) is 1. The number of hydrogen-bond donors (Lipinski definition) is 2. The van der Waals surface area contributed by atoms with Gasteiger partial charge in [-0.2, -0.15) is 5.10 Å². The highest BCUT2D eigenvalue weighted by molar-refractivity contribution is 7.80. The molecule has 0 saturated carbocycles. The second-order valence-electron chi connectivity index (χ2n) is 4.69. The van der Waals surface area contributed by atoms with E-state index in [0.717, 1.165) is 23.4 Å². The molecular formula is C17H18ClN3OS. The molecule has 0 aromatic heterocycles. The Kier molecular flexibility index (Phi) is 6.84. The Labute approximate surface area is 146 Å². The smallest absolute Gasteiger partial charge is 0.186 e. The minimum Gasteiger partial charge on any atom is -0.488 e. The lowest BCUT2D eigenvalue weighted by molar-refractivity contribution is 0.306. The lowest BCUT2D eigenvalue weighted by Gasteiger charge is -2.09. The van der Waals surface area contributed by atoms with Crippen molar-refractivity contribution in [1.82, 2.24) is 10.7 Å². The molecule has 2 N–H and O–H groups in total. The maximum atomic E-state index is 5.98. The van der Waals surface area contributed by atoms with Gasteiger partial charge in [0.2, 0.25) is 0 Å². The van der Waals surface area contributed by atoms with Crippen molar-refractivity contribution in [3.05, 3.63) is 64.7 Å². The first-order valence-electron chi connectivity index (χ1n) is 7.22. The van der Waals surface area contributed by atoms with Crippen LogP contribution >= 0.6 is 23.8 Å². The molecule has 2 aromatic carbocycles. The van der Waals surface area contributed by atoms with Crippen molar-refractivity contribution in [3.63, 3.8) is 0 Å². The Bertz CT molecular complexity index is 691. The second-order valence-corrected chi connectivity index (χ2v) is 5.53. The van der Waals surface area contributed by atoms with Crippen molar-refractivity contribution < 1.29 is 4.74 Å². The first-order chi connectivity index (χ1) is 11.2. The molecule has 2 aromatic rings. The summed E-state index contributed by atoms with van der Waals surface area (Å²) in [5.74, 6) is 0.743. The predicted molar refractivity (Wildman–Crippen MR) is 99.2 cm³/mol. The largest absolute Gasteiger partial charge is 0.488 e. The van der Waals surface area contributed by atoms with Gasteiger partial charge in [-0.05, 0) is 49.0 Å². The van der Waals surface area contributed by atoms with Crippen molar-refractivity contribution >= 4 is 35.1 Å². The van der Waals surface area contributed by atoms with Crippen LogP contribution in [0.2, 0.25) is 5.02 Å². The van der Waals surface area contributed by atoms with Gasteiger partial charge in [0.05, 0.1) is 6.21 Å².